The standard InChI is InChI=1S/C25H20F6N4O4/c1-34-21-20(22(37)35(23(34)38)8-3-9-36)17(10-14-6-7-19(32-12-14)25(29,30)31)18(13-33-21)39-16-5-2-4-15(11-16)24(26,27)28/h2,4-7,11-13,36H,3,8-10H2,1H3. The molecule has 0 bridgehead atoms. The van der Waals surface area contributed by atoms with Crippen LogP contribution < -0.4 is 16.0 Å². The maximum Gasteiger partial charge on any atom is 0.433 e. The second kappa shape index (κ2) is 10.5. The number of aryl methyl sites for hydroxylation is 1. The zero-order chi connectivity index (χ0) is 28.5. The summed E-state index contributed by atoms with van der Waals surface area (Å²) in [6, 6.07) is 5.86. The van der Waals surface area contributed by atoms with Crippen molar-refractivity contribution in [3.63, 3.8) is 0 Å². The molecule has 4 rings (SSSR count). The van der Waals surface area contributed by atoms with Gasteiger partial charge in [-0.05, 0) is 36.2 Å². The van der Waals surface area contributed by atoms with Crippen molar-refractivity contribution < 1.29 is 36.2 Å². The minimum absolute atomic E-state index is 0.0670. The van der Waals surface area contributed by atoms with Crippen molar-refractivity contribution in [3.05, 3.63) is 92.0 Å². The number of fused-ring (bicyclic) bond motifs is 1. The number of ether oxygens (including phenoxy) is 1. The van der Waals surface area contributed by atoms with Gasteiger partial charge in [0.2, 0.25) is 0 Å². The average Bonchev–Trinajstić information content (AvgIpc) is 2.87. The first-order chi connectivity index (χ1) is 18.3. The predicted octanol–water partition coefficient (Wildman–Crippen LogP) is 4.29. The minimum Gasteiger partial charge on any atom is -0.455 e. The van der Waals surface area contributed by atoms with Crippen molar-refractivity contribution in [1.29, 1.82) is 0 Å². The molecule has 0 saturated carbocycles. The van der Waals surface area contributed by atoms with Crippen LogP contribution in [-0.4, -0.2) is 30.8 Å². The molecule has 0 aliphatic heterocycles. The molecule has 1 N–H and O–H groups in total. The van der Waals surface area contributed by atoms with Crippen LogP contribution >= 0.6 is 0 Å². The van der Waals surface area contributed by atoms with Gasteiger partial charge in [-0.25, -0.2) is 9.78 Å². The highest BCUT2D eigenvalue weighted by Gasteiger charge is 2.32. The Morgan fingerprint density at radius 1 is 0.974 bits per heavy atom. The van der Waals surface area contributed by atoms with Crippen LogP contribution in [-0.2, 0) is 32.4 Å². The molecule has 8 nitrogen and oxygen atoms in total. The zero-order valence-electron chi connectivity index (χ0n) is 20.2. The van der Waals surface area contributed by atoms with Gasteiger partial charge in [-0.3, -0.25) is 18.9 Å². The van der Waals surface area contributed by atoms with Gasteiger partial charge in [0.1, 0.15) is 22.8 Å². The van der Waals surface area contributed by atoms with E-state index < -0.39 is 34.9 Å². The summed E-state index contributed by atoms with van der Waals surface area (Å²) in [5.74, 6) is -0.380. The molecular formula is C25H20F6N4O4. The molecule has 39 heavy (non-hydrogen) atoms. The first kappa shape index (κ1) is 27.8. The summed E-state index contributed by atoms with van der Waals surface area (Å²) >= 11 is 0. The van der Waals surface area contributed by atoms with Crippen LogP contribution in [0.15, 0.2) is 58.4 Å². The van der Waals surface area contributed by atoms with E-state index in [-0.39, 0.29) is 59.7 Å². The number of nitrogens with zero attached hydrogens (tertiary/aromatic N) is 4. The van der Waals surface area contributed by atoms with Crippen LogP contribution in [0.3, 0.4) is 0 Å². The predicted molar refractivity (Wildman–Crippen MR) is 127 cm³/mol. The molecule has 0 radical (unpaired) electrons. The Morgan fingerprint density at radius 3 is 2.33 bits per heavy atom. The number of halogens is 6. The molecule has 0 amide bonds. The van der Waals surface area contributed by atoms with E-state index in [1.807, 2.05) is 0 Å². The summed E-state index contributed by atoms with van der Waals surface area (Å²) in [6.45, 7) is -0.452. The van der Waals surface area contributed by atoms with Crippen molar-refractivity contribution in [2.45, 2.75) is 31.7 Å². The van der Waals surface area contributed by atoms with E-state index in [4.69, 9.17) is 4.74 Å². The fraction of sp³-hybridized carbons (Fsp3) is 0.280. The molecule has 0 fully saturated rings. The van der Waals surface area contributed by atoms with Gasteiger partial charge in [0.05, 0.1) is 17.1 Å². The molecule has 3 aromatic heterocycles. The Bertz CT molecular complexity index is 1630. The molecule has 0 saturated heterocycles. The van der Waals surface area contributed by atoms with E-state index in [1.54, 1.807) is 0 Å². The largest absolute Gasteiger partial charge is 0.455 e. The number of aliphatic hydroxyl groups excluding tert-OH is 1. The molecule has 206 valence electrons. The number of hydrogen-bond donors (Lipinski definition) is 1. The maximum atomic E-state index is 13.5. The Hall–Kier alpha value is -4.20. The van der Waals surface area contributed by atoms with Gasteiger partial charge in [-0.1, -0.05) is 12.1 Å². The van der Waals surface area contributed by atoms with Gasteiger partial charge < -0.3 is 9.84 Å². The van der Waals surface area contributed by atoms with E-state index in [9.17, 15) is 41.0 Å². The van der Waals surface area contributed by atoms with Crippen LogP contribution in [0, 0.1) is 0 Å². The third-order valence-corrected chi connectivity index (χ3v) is 5.85. The van der Waals surface area contributed by atoms with Crippen LogP contribution in [0.1, 0.15) is 28.8 Å². The third kappa shape index (κ3) is 5.79. The number of hydrogen-bond acceptors (Lipinski definition) is 6. The zero-order valence-corrected chi connectivity index (χ0v) is 20.2. The molecule has 0 aliphatic carbocycles. The smallest absolute Gasteiger partial charge is 0.433 e. The van der Waals surface area contributed by atoms with Gasteiger partial charge in [0, 0.05) is 38.4 Å². The normalized spacial score (nSPS) is 12.2. The third-order valence-electron chi connectivity index (χ3n) is 5.85. The highest BCUT2D eigenvalue weighted by Crippen LogP contribution is 2.35. The molecule has 0 spiro atoms. The van der Waals surface area contributed by atoms with Crippen molar-refractivity contribution in [2.75, 3.05) is 6.61 Å². The number of rotatable bonds is 7. The molecule has 0 atom stereocenters. The lowest BCUT2D eigenvalue weighted by atomic mass is 10.0. The fourth-order valence-corrected chi connectivity index (χ4v) is 3.95. The van der Waals surface area contributed by atoms with E-state index in [0.29, 0.717) is 0 Å². The van der Waals surface area contributed by atoms with E-state index in [1.165, 1.54) is 13.1 Å². The Kier molecular flexibility index (Phi) is 7.50. The van der Waals surface area contributed by atoms with E-state index in [2.05, 4.69) is 9.97 Å². The topological polar surface area (TPSA) is 99.2 Å². The fourth-order valence-electron chi connectivity index (χ4n) is 3.95. The SMILES string of the molecule is Cn1c(=O)n(CCCO)c(=O)c2c(Cc3ccc(C(F)(F)F)nc3)c(Oc3cccc(C(F)(F)F)c3)cnc21. The summed E-state index contributed by atoms with van der Waals surface area (Å²) < 4.78 is 86.3. The molecule has 3 heterocycles. The lowest BCUT2D eigenvalue weighted by Crippen LogP contribution is -2.40. The molecule has 0 aliphatic rings. The number of aliphatic hydroxyl groups is 1. The monoisotopic (exact) mass is 554 g/mol. The summed E-state index contributed by atoms with van der Waals surface area (Å²) in [7, 11) is 1.35. The number of alkyl halides is 6. The second-order valence-corrected chi connectivity index (χ2v) is 8.53. The number of aromatic nitrogens is 4. The van der Waals surface area contributed by atoms with Gasteiger partial charge >= 0.3 is 18.0 Å². The highest BCUT2D eigenvalue weighted by molar-refractivity contribution is 5.81. The van der Waals surface area contributed by atoms with E-state index >= 15 is 0 Å². The highest BCUT2D eigenvalue weighted by atomic mass is 19.4. The van der Waals surface area contributed by atoms with Crippen molar-refractivity contribution in [2.24, 2.45) is 7.05 Å². The summed E-state index contributed by atoms with van der Waals surface area (Å²) in [5.41, 5.74) is -3.44. The van der Waals surface area contributed by atoms with Crippen LogP contribution in [0.25, 0.3) is 11.0 Å². The van der Waals surface area contributed by atoms with Crippen molar-refractivity contribution in [1.82, 2.24) is 19.1 Å². The quantitative estimate of drug-likeness (QED) is 0.342. The molecule has 1 aromatic carbocycles. The molecule has 4 aromatic rings. The summed E-state index contributed by atoms with van der Waals surface area (Å²) in [6.07, 6.45) is -7.42. The number of pyridine rings is 2. The second-order valence-electron chi connectivity index (χ2n) is 8.53. The van der Waals surface area contributed by atoms with Crippen LogP contribution in [0.5, 0.6) is 11.5 Å². The first-order valence-corrected chi connectivity index (χ1v) is 11.4. The Morgan fingerprint density at radius 2 is 1.72 bits per heavy atom. The lowest BCUT2D eigenvalue weighted by molar-refractivity contribution is -0.141. The van der Waals surface area contributed by atoms with E-state index in [0.717, 1.165) is 51.9 Å². The van der Waals surface area contributed by atoms with Gasteiger partial charge in [0.15, 0.2) is 0 Å². The first-order valence-electron chi connectivity index (χ1n) is 11.4. The molecular weight excluding hydrogens is 534 g/mol. The van der Waals surface area contributed by atoms with Crippen molar-refractivity contribution in [3.8, 4) is 11.5 Å². The van der Waals surface area contributed by atoms with Crippen molar-refractivity contribution >= 4 is 11.0 Å². The maximum absolute atomic E-state index is 13.5. The Labute approximate surface area is 215 Å². The molecule has 0 unspecified atom stereocenters. The Balaban J connectivity index is 1.92. The summed E-state index contributed by atoms with van der Waals surface area (Å²) in [5, 5.41) is 9.06. The van der Waals surface area contributed by atoms with Crippen LogP contribution in [0.2, 0.25) is 0 Å². The molecule has 14 heteroatoms. The van der Waals surface area contributed by atoms with Gasteiger partial charge in [0.25, 0.3) is 5.56 Å². The van der Waals surface area contributed by atoms with Crippen LogP contribution in [0.4, 0.5) is 26.3 Å². The van der Waals surface area contributed by atoms with Gasteiger partial charge in [-0.2, -0.15) is 26.3 Å². The average molecular weight is 554 g/mol. The minimum atomic E-state index is -4.68. The summed E-state index contributed by atoms with van der Waals surface area (Å²) in [4.78, 5) is 33.8. The van der Waals surface area contributed by atoms with Gasteiger partial charge in [-0.15, -0.1) is 0 Å². The number of benzene rings is 1. The lowest BCUT2D eigenvalue weighted by Gasteiger charge is -2.17.